The maximum Gasteiger partial charge on any atom is 0.345 e. The first-order valence-electron chi connectivity index (χ1n) is 8.07. The topological polar surface area (TPSA) is 46.5 Å². The molecule has 0 heterocycles. The average molecular weight is 312 g/mol. The molecule has 0 fully saturated rings. The molecule has 3 nitrogen and oxygen atoms in total. The first-order valence-corrected chi connectivity index (χ1v) is 8.07. The summed E-state index contributed by atoms with van der Waals surface area (Å²) in [6, 6.07) is 15.7. The van der Waals surface area contributed by atoms with E-state index in [1.807, 2.05) is 48.5 Å². The number of carboxylic acid groups (broad SMARTS) is 1. The van der Waals surface area contributed by atoms with Crippen molar-refractivity contribution in [1.82, 2.24) is 0 Å². The van der Waals surface area contributed by atoms with Gasteiger partial charge in [-0.25, -0.2) is 4.79 Å². The molecule has 1 atom stereocenters. The Labute approximate surface area is 137 Å². The van der Waals surface area contributed by atoms with E-state index in [9.17, 15) is 9.90 Å². The second kappa shape index (κ2) is 7.82. The monoisotopic (exact) mass is 312 g/mol. The molecular formula is C20H24O3. The average Bonchev–Trinajstić information content (AvgIpc) is 2.55. The number of carboxylic acids is 1. The zero-order valence-electron chi connectivity index (χ0n) is 14.0. The van der Waals surface area contributed by atoms with Crippen molar-refractivity contribution in [3.05, 3.63) is 65.2 Å². The number of carbonyl (C=O) groups is 1. The fraction of sp³-hybridized carbons (Fsp3) is 0.350. The summed E-state index contributed by atoms with van der Waals surface area (Å²) in [6.45, 7) is 6.24. The Kier molecular flexibility index (Phi) is 5.80. The summed E-state index contributed by atoms with van der Waals surface area (Å²) in [5.74, 6) is -0.00677. The number of aryl methyl sites for hydroxylation is 1. The van der Waals surface area contributed by atoms with Crippen molar-refractivity contribution in [1.29, 1.82) is 0 Å². The van der Waals surface area contributed by atoms with Crippen LogP contribution in [0, 0.1) is 0 Å². The molecule has 0 aromatic heterocycles. The van der Waals surface area contributed by atoms with Gasteiger partial charge in [0.25, 0.3) is 0 Å². The minimum atomic E-state index is -0.942. The van der Waals surface area contributed by atoms with Crippen molar-refractivity contribution in [2.75, 3.05) is 0 Å². The van der Waals surface area contributed by atoms with Gasteiger partial charge >= 0.3 is 5.97 Å². The minimum Gasteiger partial charge on any atom is -0.478 e. The van der Waals surface area contributed by atoms with Crippen LogP contribution >= 0.6 is 0 Å². The van der Waals surface area contributed by atoms with E-state index in [1.54, 1.807) is 0 Å². The summed E-state index contributed by atoms with van der Waals surface area (Å²) < 4.78 is 5.83. The Morgan fingerprint density at radius 1 is 1.04 bits per heavy atom. The van der Waals surface area contributed by atoms with E-state index in [2.05, 4.69) is 20.8 Å². The quantitative estimate of drug-likeness (QED) is 0.821. The third-order valence-corrected chi connectivity index (χ3v) is 3.94. The highest BCUT2D eigenvalue weighted by Crippen LogP contribution is 2.27. The standard InChI is InChI=1S/C20H24O3/c1-4-15-9-11-16(12-10-15)13-19(20(21)22)23-18-8-6-5-7-17(18)14(2)3/h5-12,14,19H,4,13H2,1-3H3,(H,21,22). The molecule has 2 aromatic carbocycles. The molecule has 122 valence electrons. The fourth-order valence-electron chi connectivity index (χ4n) is 2.52. The van der Waals surface area contributed by atoms with Gasteiger partial charge in [-0.2, -0.15) is 0 Å². The van der Waals surface area contributed by atoms with Crippen molar-refractivity contribution in [3.63, 3.8) is 0 Å². The minimum absolute atomic E-state index is 0.282. The number of hydrogen-bond acceptors (Lipinski definition) is 2. The van der Waals surface area contributed by atoms with E-state index >= 15 is 0 Å². The van der Waals surface area contributed by atoms with Gasteiger partial charge in [-0.15, -0.1) is 0 Å². The van der Waals surface area contributed by atoms with E-state index in [0.29, 0.717) is 12.2 Å². The maximum absolute atomic E-state index is 11.6. The van der Waals surface area contributed by atoms with Crippen molar-refractivity contribution in [2.24, 2.45) is 0 Å². The highest BCUT2D eigenvalue weighted by atomic mass is 16.5. The van der Waals surface area contributed by atoms with Gasteiger partial charge in [-0.3, -0.25) is 0 Å². The molecule has 0 aliphatic carbocycles. The van der Waals surface area contributed by atoms with Crippen LogP contribution in [0.2, 0.25) is 0 Å². The molecule has 0 saturated carbocycles. The molecular weight excluding hydrogens is 288 g/mol. The maximum atomic E-state index is 11.6. The van der Waals surface area contributed by atoms with E-state index in [1.165, 1.54) is 5.56 Å². The van der Waals surface area contributed by atoms with Crippen molar-refractivity contribution in [2.45, 2.75) is 45.6 Å². The largest absolute Gasteiger partial charge is 0.478 e. The van der Waals surface area contributed by atoms with Crippen LogP contribution in [0.5, 0.6) is 5.75 Å². The van der Waals surface area contributed by atoms with E-state index in [4.69, 9.17) is 4.74 Å². The number of rotatable bonds is 7. The molecule has 3 heteroatoms. The SMILES string of the molecule is CCc1ccc(CC(Oc2ccccc2C(C)C)C(=O)O)cc1. The van der Waals surface area contributed by atoms with Crippen LogP contribution in [0.1, 0.15) is 43.4 Å². The lowest BCUT2D eigenvalue weighted by molar-refractivity contribution is -0.145. The van der Waals surface area contributed by atoms with Gasteiger partial charge in [0.1, 0.15) is 5.75 Å². The van der Waals surface area contributed by atoms with Crippen LogP contribution in [-0.2, 0) is 17.6 Å². The van der Waals surface area contributed by atoms with Crippen LogP contribution in [0.4, 0.5) is 0 Å². The Balaban J connectivity index is 2.17. The first kappa shape index (κ1) is 17.1. The fourth-order valence-corrected chi connectivity index (χ4v) is 2.52. The molecule has 0 amide bonds. The Morgan fingerprint density at radius 3 is 2.22 bits per heavy atom. The molecule has 1 N–H and O–H groups in total. The molecule has 2 aromatic rings. The zero-order chi connectivity index (χ0) is 16.8. The molecule has 0 radical (unpaired) electrons. The summed E-state index contributed by atoms with van der Waals surface area (Å²) in [6.07, 6.45) is 0.439. The Hall–Kier alpha value is -2.29. The number of benzene rings is 2. The molecule has 0 bridgehead atoms. The van der Waals surface area contributed by atoms with Gasteiger partial charge in [0.15, 0.2) is 6.10 Å². The summed E-state index contributed by atoms with van der Waals surface area (Å²) in [5, 5.41) is 9.50. The molecule has 0 saturated heterocycles. The third-order valence-electron chi connectivity index (χ3n) is 3.94. The normalized spacial score (nSPS) is 12.2. The predicted octanol–water partition coefficient (Wildman–Crippen LogP) is 4.45. The lowest BCUT2D eigenvalue weighted by Gasteiger charge is -2.19. The second-order valence-corrected chi connectivity index (χ2v) is 6.01. The van der Waals surface area contributed by atoms with Gasteiger partial charge in [-0.1, -0.05) is 63.2 Å². The van der Waals surface area contributed by atoms with E-state index in [-0.39, 0.29) is 5.92 Å². The Bertz CT molecular complexity index is 644. The van der Waals surface area contributed by atoms with Gasteiger partial charge in [0.05, 0.1) is 0 Å². The van der Waals surface area contributed by atoms with Gasteiger partial charge in [-0.05, 0) is 35.1 Å². The van der Waals surface area contributed by atoms with Crippen LogP contribution in [0.3, 0.4) is 0 Å². The highest BCUT2D eigenvalue weighted by molar-refractivity contribution is 5.73. The van der Waals surface area contributed by atoms with Crippen LogP contribution in [0.15, 0.2) is 48.5 Å². The summed E-state index contributed by atoms with van der Waals surface area (Å²) in [7, 11) is 0. The predicted molar refractivity (Wildman–Crippen MR) is 92.1 cm³/mol. The van der Waals surface area contributed by atoms with Gasteiger partial charge in [0.2, 0.25) is 0 Å². The zero-order valence-corrected chi connectivity index (χ0v) is 14.0. The lowest BCUT2D eigenvalue weighted by atomic mass is 10.0. The third kappa shape index (κ3) is 4.59. The molecule has 2 rings (SSSR count). The summed E-state index contributed by atoms with van der Waals surface area (Å²) >= 11 is 0. The van der Waals surface area contributed by atoms with Crippen LogP contribution in [-0.4, -0.2) is 17.2 Å². The smallest absolute Gasteiger partial charge is 0.345 e. The Morgan fingerprint density at radius 2 is 1.65 bits per heavy atom. The molecule has 1 unspecified atom stereocenters. The molecule has 0 aliphatic heterocycles. The van der Waals surface area contributed by atoms with Gasteiger partial charge < -0.3 is 9.84 Å². The first-order chi connectivity index (χ1) is 11.0. The summed E-state index contributed by atoms with van der Waals surface area (Å²) in [4.78, 5) is 11.6. The van der Waals surface area contributed by atoms with Crippen molar-refractivity contribution in [3.8, 4) is 5.75 Å². The van der Waals surface area contributed by atoms with E-state index in [0.717, 1.165) is 17.5 Å². The van der Waals surface area contributed by atoms with Gasteiger partial charge in [0, 0.05) is 6.42 Å². The second-order valence-electron chi connectivity index (χ2n) is 6.01. The number of para-hydroxylation sites is 1. The van der Waals surface area contributed by atoms with E-state index < -0.39 is 12.1 Å². The van der Waals surface area contributed by atoms with Crippen LogP contribution < -0.4 is 4.74 Å². The number of aliphatic carboxylic acids is 1. The van der Waals surface area contributed by atoms with Crippen LogP contribution in [0.25, 0.3) is 0 Å². The molecule has 0 aliphatic rings. The molecule has 0 spiro atoms. The molecule has 23 heavy (non-hydrogen) atoms. The summed E-state index contributed by atoms with van der Waals surface area (Å²) in [5.41, 5.74) is 3.24. The van der Waals surface area contributed by atoms with Crippen molar-refractivity contribution < 1.29 is 14.6 Å². The number of hydrogen-bond donors (Lipinski definition) is 1. The number of ether oxygens (including phenoxy) is 1. The van der Waals surface area contributed by atoms with Crippen molar-refractivity contribution >= 4 is 5.97 Å². The highest BCUT2D eigenvalue weighted by Gasteiger charge is 2.21. The lowest BCUT2D eigenvalue weighted by Crippen LogP contribution is -2.29.